The molecule has 0 saturated heterocycles. The zero-order chi connectivity index (χ0) is 18.1. The van der Waals surface area contributed by atoms with Gasteiger partial charge in [-0.05, 0) is 24.1 Å². The van der Waals surface area contributed by atoms with Crippen LogP contribution in [0.5, 0.6) is 0 Å². The first-order chi connectivity index (χ1) is 11.3. The Balaban J connectivity index is 2.64. The van der Waals surface area contributed by atoms with E-state index < -0.39 is 30.2 Å². The van der Waals surface area contributed by atoms with Crippen LogP contribution in [0.2, 0.25) is 0 Å². The number of rotatable bonds is 9. The van der Waals surface area contributed by atoms with E-state index in [1.165, 1.54) is 12.1 Å². The van der Waals surface area contributed by atoms with Crippen molar-refractivity contribution in [2.45, 2.75) is 38.8 Å². The fourth-order valence-electron chi connectivity index (χ4n) is 1.93. The lowest BCUT2D eigenvalue weighted by atomic mass is 10.1. The van der Waals surface area contributed by atoms with Crippen molar-refractivity contribution in [3.63, 3.8) is 0 Å². The highest BCUT2D eigenvalue weighted by atomic mass is 16.4. The molecule has 1 rings (SSSR count). The predicted octanol–water partition coefficient (Wildman–Crippen LogP) is 0.161. The Hall–Kier alpha value is -2.90. The number of carbonyl (C=O) groups excluding carboxylic acids is 3. The first-order valence-electron chi connectivity index (χ1n) is 7.51. The summed E-state index contributed by atoms with van der Waals surface area (Å²) in [5.41, 5.74) is 6.01. The molecule has 5 N–H and O–H groups in total. The van der Waals surface area contributed by atoms with Crippen molar-refractivity contribution in [2.24, 2.45) is 5.73 Å². The summed E-state index contributed by atoms with van der Waals surface area (Å²) in [5.74, 6) is -2.82. The first-order valence-corrected chi connectivity index (χ1v) is 7.51. The van der Waals surface area contributed by atoms with Crippen LogP contribution >= 0.6 is 0 Å². The van der Waals surface area contributed by atoms with E-state index in [1.54, 1.807) is 12.1 Å². The van der Waals surface area contributed by atoms with Crippen LogP contribution in [0.3, 0.4) is 0 Å². The molecule has 130 valence electrons. The van der Waals surface area contributed by atoms with E-state index in [-0.39, 0.29) is 11.5 Å². The van der Waals surface area contributed by atoms with E-state index in [9.17, 15) is 19.2 Å². The van der Waals surface area contributed by atoms with Crippen LogP contribution in [0.25, 0.3) is 0 Å². The van der Waals surface area contributed by atoms with Crippen LogP contribution < -0.4 is 16.4 Å². The van der Waals surface area contributed by atoms with Gasteiger partial charge in [0.25, 0.3) is 5.91 Å². The van der Waals surface area contributed by atoms with Crippen LogP contribution in [-0.2, 0) is 20.9 Å². The Labute approximate surface area is 139 Å². The van der Waals surface area contributed by atoms with Crippen molar-refractivity contribution in [3.8, 4) is 0 Å². The van der Waals surface area contributed by atoms with E-state index >= 15 is 0 Å². The number of carbonyl (C=O) groups is 4. The van der Waals surface area contributed by atoms with Crippen molar-refractivity contribution in [3.05, 3.63) is 35.4 Å². The van der Waals surface area contributed by atoms with Gasteiger partial charge in [-0.15, -0.1) is 0 Å². The highest BCUT2D eigenvalue weighted by molar-refractivity contribution is 5.97. The van der Waals surface area contributed by atoms with E-state index in [2.05, 4.69) is 10.6 Å². The largest absolute Gasteiger partial charge is 0.480 e. The Kier molecular flexibility index (Phi) is 7.41. The molecule has 8 nitrogen and oxygen atoms in total. The van der Waals surface area contributed by atoms with E-state index in [0.717, 1.165) is 12.0 Å². The minimum atomic E-state index is -1.37. The molecule has 0 aliphatic rings. The summed E-state index contributed by atoms with van der Waals surface area (Å²) in [7, 11) is 0. The molecule has 1 aromatic rings. The minimum absolute atomic E-state index is 0.0462. The van der Waals surface area contributed by atoms with Crippen LogP contribution in [-0.4, -0.2) is 34.8 Å². The molecule has 0 aliphatic heterocycles. The average molecular weight is 335 g/mol. The lowest BCUT2D eigenvalue weighted by Gasteiger charge is -2.13. The van der Waals surface area contributed by atoms with E-state index in [1.807, 2.05) is 6.92 Å². The average Bonchev–Trinajstić information content (AvgIpc) is 2.52. The molecule has 1 aromatic carbocycles. The fourth-order valence-corrected chi connectivity index (χ4v) is 1.93. The van der Waals surface area contributed by atoms with Gasteiger partial charge in [-0.2, -0.15) is 0 Å². The summed E-state index contributed by atoms with van der Waals surface area (Å²) in [4.78, 5) is 45.2. The Morgan fingerprint density at radius 1 is 1.17 bits per heavy atom. The van der Waals surface area contributed by atoms with Crippen LogP contribution in [0.1, 0.15) is 42.1 Å². The molecule has 0 radical (unpaired) electrons. The molecule has 24 heavy (non-hydrogen) atoms. The maximum absolute atomic E-state index is 12.0. The second kappa shape index (κ2) is 9.29. The third-order valence-electron chi connectivity index (χ3n) is 3.19. The molecule has 0 fully saturated rings. The van der Waals surface area contributed by atoms with Gasteiger partial charge in [0.05, 0.1) is 6.42 Å². The lowest BCUT2D eigenvalue weighted by molar-refractivity contribution is -0.140. The van der Waals surface area contributed by atoms with Gasteiger partial charge in [0, 0.05) is 18.5 Å². The first kappa shape index (κ1) is 19.1. The van der Waals surface area contributed by atoms with Crippen LogP contribution in [0.15, 0.2) is 24.3 Å². The quantitative estimate of drug-likeness (QED) is 0.509. The van der Waals surface area contributed by atoms with Crippen molar-refractivity contribution >= 4 is 23.7 Å². The smallest absolute Gasteiger partial charge is 0.326 e. The van der Waals surface area contributed by atoms with Crippen molar-refractivity contribution < 1.29 is 24.3 Å². The molecule has 3 amide bonds. The number of carboxylic acids is 1. The number of nitrogens with one attached hydrogen (secondary N) is 2. The molecule has 0 saturated carbocycles. The minimum Gasteiger partial charge on any atom is -0.480 e. The SMILES string of the molecule is CCCC(=O)NCc1ccc(C(=O)NC(CC(N)=O)C(=O)O)cc1. The van der Waals surface area contributed by atoms with Gasteiger partial charge in [0.1, 0.15) is 6.04 Å². The van der Waals surface area contributed by atoms with Gasteiger partial charge in [0.2, 0.25) is 11.8 Å². The number of benzene rings is 1. The Morgan fingerprint density at radius 2 is 1.79 bits per heavy atom. The van der Waals surface area contributed by atoms with Gasteiger partial charge >= 0.3 is 5.97 Å². The van der Waals surface area contributed by atoms with Crippen molar-refractivity contribution in [1.82, 2.24) is 10.6 Å². The number of primary amides is 1. The second-order valence-corrected chi connectivity index (χ2v) is 5.26. The molecule has 1 atom stereocenters. The van der Waals surface area contributed by atoms with E-state index in [0.29, 0.717) is 13.0 Å². The maximum atomic E-state index is 12.0. The molecular weight excluding hydrogens is 314 g/mol. The maximum Gasteiger partial charge on any atom is 0.326 e. The molecule has 0 aromatic heterocycles. The van der Waals surface area contributed by atoms with E-state index in [4.69, 9.17) is 10.8 Å². The zero-order valence-corrected chi connectivity index (χ0v) is 13.4. The summed E-state index contributed by atoms with van der Waals surface area (Å²) in [6, 6.07) is 4.97. The van der Waals surface area contributed by atoms with Crippen LogP contribution in [0, 0.1) is 0 Å². The normalized spacial score (nSPS) is 11.4. The molecule has 0 spiro atoms. The van der Waals surface area contributed by atoms with Gasteiger partial charge in [-0.25, -0.2) is 4.79 Å². The second-order valence-electron chi connectivity index (χ2n) is 5.26. The molecular formula is C16H21N3O5. The Bertz CT molecular complexity index is 613. The number of amides is 3. The summed E-state index contributed by atoms with van der Waals surface area (Å²) in [5, 5.41) is 14.0. The van der Waals surface area contributed by atoms with Gasteiger partial charge in [-0.3, -0.25) is 14.4 Å². The Morgan fingerprint density at radius 3 is 2.29 bits per heavy atom. The third-order valence-corrected chi connectivity index (χ3v) is 3.19. The van der Waals surface area contributed by atoms with Gasteiger partial charge in [0.15, 0.2) is 0 Å². The van der Waals surface area contributed by atoms with Crippen molar-refractivity contribution in [2.75, 3.05) is 0 Å². The number of carboxylic acid groups (broad SMARTS) is 1. The van der Waals surface area contributed by atoms with Gasteiger partial charge in [-0.1, -0.05) is 19.1 Å². The number of nitrogens with two attached hydrogens (primary N) is 1. The fraction of sp³-hybridized carbons (Fsp3) is 0.375. The molecule has 8 heteroatoms. The summed E-state index contributed by atoms with van der Waals surface area (Å²) in [6.07, 6.45) is 0.737. The monoisotopic (exact) mass is 335 g/mol. The highest BCUT2D eigenvalue weighted by Crippen LogP contribution is 2.06. The topological polar surface area (TPSA) is 139 Å². The van der Waals surface area contributed by atoms with Crippen molar-refractivity contribution in [1.29, 1.82) is 0 Å². The lowest BCUT2D eigenvalue weighted by Crippen LogP contribution is -2.43. The molecule has 1 unspecified atom stereocenters. The summed E-state index contributed by atoms with van der Waals surface area (Å²) < 4.78 is 0. The molecule has 0 aliphatic carbocycles. The predicted molar refractivity (Wildman–Crippen MR) is 85.9 cm³/mol. The zero-order valence-electron chi connectivity index (χ0n) is 13.4. The third kappa shape index (κ3) is 6.47. The van der Waals surface area contributed by atoms with Gasteiger partial charge < -0.3 is 21.5 Å². The molecule has 0 heterocycles. The van der Waals surface area contributed by atoms with Crippen LogP contribution in [0.4, 0.5) is 0 Å². The standard InChI is InChI=1S/C16H21N3O5/c1-2-3-14(21)18-9-10-4-6-11(7-5-10)15(22)19-12(16(23)24)8-13(17)20/h4-7,12H,2-3,8-9H2,1H3,(H2,17,20)(H,18,21)(H,19,22)(H,23,24). The highest BCUT2D eigenvalue weighted by Gasteiger charge is 2.22. The number of aliphatic carboxylic acids is 1. The number of hydrogen-bond donors (Lipinski definition) is 4. The summed E-state index contributed by atoms with van der Waals surface area (Å²) in [6.45, 7) is 2.26. The molecule has 0 bridgehead atoms. The number of hydrogen-bond acceptors (Lipinski definition) is 4. The summed E-state index contributed by atoms with van der Waals surface area (Å²) >= 11 is 0.